The van der Waals surface area contributed by atoms with E-state index in [-0.39, 0.29) is 12.8 Å². The number of benzene rings is 1. The minimum absolute atomic E-state index is 0.125. The van der Waals surface area contributed by atoms with Crippen LogP contribution in [0.4, 0.5) is 13.2 Å². The maximum absolute atomic E-state index is 14.7. The van der Waals surface area contributed by atoms with Crippen LogP contribution in [0.1, 0.15) is 31.7 Å². The third kappa shape index (κ3) is 3.25. The Morgan fingerprint density at radius 3 is 2.56 bits per heavy atom. The summed E-state index contributed by atoms with van der Waals surface area (Å²) in [6.45, 7) is 3.18. The Morgan fingerprint density at radius 1 is 1.26 bits per heavy atom. The fourth-order valence-corrected chi connectivity index (χ4v) is 3.76. The first-order valence-electron chi connectivity index (χ1n) is 8.50. The standard InChI is InChI=1S/C19H17BrF3N3O/c1-18(2,27)10-3-4-12(14(21)7-10)13-5-6-26-15(8-11-9-19(11,22)23)24-25-17(26)16(13)20/h3-7,11,27H,8-9H2,1-2H3. The lowest BCUT2D eigenvalue weighted by Gasteiger charge is -2.18. The fourth-order valence-electron chi connectivity index (χ4n) is 3.15. The summed E-state index contributed by atoms with van der Waals surface area (Å²) in [5.74, 6) is -3.33. The SMILES string of the molecule is CC(C)(O)c1ccc(-c2ccn3c(CC4CC4(F)F)nnc3c2Br)c(F)c1. The molecule has 8 heteroatoms. The van der Waals surface area contributed by atoms with E-state index in [1.165, 1.54) is 6.07 Å². The van der Waals surface area contributed by atoms with Crippen LogP contribution >= 0.6 is 15.9 Å². The summed E-state index contributed by atoms with van der Waals surface area (Å²) in [5, 5.41) is 18.1. The van der Waals surface area contributed by atoms with Crippen molar-refractivity contribution in [3.05, 3.63) is 52.1 Å². The molecule has 142 valence electrons. The molecule has 3 aromatic rings. The summed E-state index contributed by atoms with van der Waals surface area (Å²) < 4.78 is 43.2. The highest BCUT2D eigenvalue weighted by Crippen LogP contribution is 2.50. The molecule has 1 atom stereocenters. The average Bonchev–Trinajstić information content (AvgIpc) is 2.98. The average molecular weight is 440 g/mol. The molecule has 1 fully saturated rings. The first kappa shape index (κ1) is 18.4. The molecular formula is C19H17BrF3N3O. The van der Waals surface area contributed by atoms with Crippen LogP contribution in [0.5, 0.6) is 0 Å². The van der Waals surface area contributed by atoms with Crippen LogP contribution in [0.2, 0.25) is 0 Å². The number of rotatable bonds is 4. The third-order valence-electron chi connectivity index (χ3n) is 4.94. The summed E-state index contributed by atoms with van der Waals surface area (Å²) in [6, 6.07) is 6.26. The Kier molecular flexibility index (Phi) is 4.12. The number of nitrogens with zero attached hydrogens (tertiary/aromatic N) is 3. The van der Waals surface area contributed by atoms with Gasteiger partial charge in [-0.15, -0.1) is 10.2 Å². The molecule has 0 amide bonds. The number of hydrogen-bond donors (Lipinski definition) is 1. The lowest BCUT2D eigenvalue weighted by Crippen LogP contribution is -2.15. The van der Waals surface area contributed by atoms with Gasteiger partial charge in [0.15, 0.2) is 5.65 Å². The molecule has 0 radical (unpaired) electrons. The predicted octanol–water partition coefficient (Wildman–Crippen LogP) is 4.72. The normalized spacial score (nSPS) is 18.9. The zero-order valence-electron chi connectivity index (χ0n) is 14.7. The zero-order valence-corrected chi connectivity index (χ0v) is 16.3. The number of hydrogen-bond acceptors (Lipinski definition) is 3. The van der Waals surface area contributed by atoms with E-state index in [1.807, 2.05) is 0 Å². The second-order valence-corrected chi connectivity index (χ2v) is 8.27. The van der Waals surface area contributed by atoms with E-state index in [0.717, 1.165) is 0 Å². The molecule has 4 rings (SSSR count). The van der Waals surface area contributed by atoms with Crippen molar-refractivity contribution in [1.82, 2.24) is 14.6 Å². The molecule has 0 spiro atoms. The van der Waals surface area contributed by atoms with E-state index in [1.54, 1.807) is 42.6 Å². The Labute approximate surface area is 162 Å². The van der Waals surface area contributed by atoms with E-state index >= 15 is 0 Å². The minimum Gasteiger partial charge on any atom is -0.386 e. The quantitative estimate of drug-likeness (QED) is 0.639. The van der Waals surface area contributed by atoms with Gasteiger partial charge in [0.1, 0.15) is 11.6 Å². The molecule has 27 heavy (non-hydrogen) atoms. The Bertz CT molecular complexity index is 1040. The van der Waals surface area contributed by atoms with E-state index in [0.29, 0.717) is 32.6 Å². The van der Waals surface area contributed by atoms with E-state index in [4.69, 9.17) is 0 Å². The lowest BCUT2D eigenvalue weighted by molar-refractivity contribution is 0.0782. The smallest absolute Gasteiger partial charge is 0.252 e. The highest BCUT2D eigenvalue weighted by molar-refractivity contribution is 9.10. The molecule has 2 aromatic heterocycles. The molecule has 0 bridgehead atoms. The second kappa shape index (κ2) is 6.04. The van der Waals surface area contributed by atoms with E-state index < -0.39 is 23.3 Å². The summed E-state index contributed by atoms with van der Waals surface area (Å²) in [7, 11) is 0. The van der Waals surface area contributed by atoms with Crippen LogP contribution < -0.4 is 0 Å². The number of fused-ring (bicyclic) bond motifs is 1. The van der Waals surface area contributed by atoms with Crippen molar-refractivity contribution in [3.63, 3.8) is 0 Å². The minimum atomic E-state index is -2.62. The summed E-state index contributed by atoms with van der Waals surface area (Å²) in [6.07, 6.45) is 1.68. The van der Waals surface area contributed by atoms with Crippen molar-refractivity contribution in [2.75, 3.05) is 0 Å². The van der Waals surface area contributed by atoms with Crippen molar-refractivity contribution in [2.24, 2.45) is 5.92 Å². The van der Waals surface area contributed by atoms with Crippen molar-refractivity contribution >= 4 is 21.6 Å². The van der Waals surface area contributed by atoms with Crippen LogP contribution in [0.3, 0.4) is 0 Å². The molecule has 0 saturated heterocycles. The van der Waals surface area contributed by atoms with Crippen molar-refractivity contribution in [1.29, 1.82) is 0 Å². The van der Waals surface area contributed by atoms with Crippen molar-refractivity contribution < 1.29 is 18.3 Å². The summed E-state index contributed by atoms with van der Waals surface area (Å²) >= 11 is 3.44. The van der Waals surface area contributed by atoms with E-state index in [2.05, 4.69) is 26.1 Å². The van der Waals surface area contributed by atoms with Crippen LogP contribution in [0.15, 0.2) is 34.9 Å². The summed E-state index contributed by atoms with van der Waals surface area (Å²) in [5.41, 5.74) is 0.676. The number of alkyl halides is 2. The molecule has 4 nitrogen and oxygen atoms in total. The van der Waals surface area contributed by atoms with Gasteiger partial charge in [-0.2, -0.15) is 0 Å². The van der Waals surface area contributed by atoms with Gasteiger partial charge in [0.25, 0.3) is 5.92 Å². The van der Waals surface area contributed by atoms with Gasteiger partial charge >= 0.3 is 0 Å². The van der Waals surface area contributed by atoms with E-state index in [9.17, 15) is 18.3 Å². The largest absolute Gasteiger partial charge is 0.386 e. The lowest BCUT2D eigenvalue weighted by atomic mass is 9.95. The maximum atomic E-state index is 14.7. The van der Waals surface area contributed by atoms with Crippen molar-refractivity contribution in [2.45, 2.75) is 38.2 Å². The molecule has 1 saturated carbocycles. The highest BCUT2D eigenvalue weighted by Gasteiger charge is 2.56. The first-order valence-corrected chi connectivity index (χ1v) is 9.30. The van der Waals surface area contributed by atoms with Gasteiger partial charge in [0.05, 0.1) is 10.1 Å². The van der Waals surface area contributed by atoms with Gasteiger partial charge in [-0.1, -0.05) is 12.1 Å². The van der Waals surface area contributed by atoms with Crippen LogP contribution in [-0.2, 0) is 12.0 Å². The Hall–Kier alpha value is -1.93. The van der Waals surface area contributed by atoms with Gasteiger partial charge in [0, 0.05) is 36.1 Å². The molecule has 0 aliphatic heterocycles. The first-order chi connectivity index (χ1) is 12.6. The molecule has 1 aliphatic rings. The number of pyridine rings is 1. The molecule has 1 aromatic carbocycles. The van der Waals surface area contributed by atoms with Crippen LogP contribution in [0.25, 0.3) is 16.8 Å². The number of aliphatic hydroxyl groups is 1. The monoisotopic (exact) mass is 439 g/mol. The van der Waals surface area contributed by atoms with Gasteiger partial charge < -0.3 is 5.11 Å². The van der Waals surface area contributed by atoms with Crippen molar-refractivity contribution in [3.8, 4) is 11.1 Å². The van der Waals surface area contributed by atoms with Gasteiger partial charge in [-0.25, -0.2) is 13.2 Å². The van der Waals surface area contributed by atoms with Crippen LogP contribution in [0, 0.1) is 11.7 Å². The van der Waals surface area contributed by atoms with Crippen LogP contribution in [-0.4, -0.2) is 25.6 Å². The highest BCUT2D eigenvalue weighted by atomic mass is 79.9. The fraction of sp³-hybridized carbons (Fsp3) is 0.368. The molecule has 1 unspecified atom stereocenters. The predicted molar refractivity (Wildman–Crippen MR) is 98.1 cm³/mol. The topological polar surface area (TPSA) is 50.4 Å². The molecule has 1 aliphatic carbocycles. The zero-order chi connectivity index (χ0) is 19.6. The Balaban J connectivity index is 1.73. The van der Waals surface area contributed by atoms with Gasteiger partial charge in [-0.05, 0) is 47.5 Å². The maximum Gasteiger partial charge on any atom is 0.252 e. The number of aromatic nitrogens is 3. The molecule has 1 N–H and O–H groups in total. The summed E-state index contributed by atoms with van der Waals surface area (Å²) in [4.78, 5) is 0. The third-order valence-corrected chi connectivity index (χ3v) is 5.72. The molecular weight excluding hydrogens is 423 g/mol. The second-order valence-electron chi connectivity index (χ2n) is 7.47. The van der Waals surface area contributed by atoms with Gasteiger partial charge in [-0.3, -0.25) is 4.40 Å². The Morgan fingerprint density at radius 2 is 1.96 bits per heavy atom. The van der Waals surface area contributed by atoms with Gasteiger partial charge in [0.2, 0.25) is 0 Å². The number of halogens is 4. The molecule has 2 heterocycles.